The summed E-state index contributed by atoms with van der Waals surface area (Å²) in [5.41, 5.74) is 3.17. The van der Waals surface area contributed by atoms with Crippen molar-refractivity contribution in [2.45, 2.75) is 63.8 Å². The van der Waals surface area contributed by atoms with Gasteiger partial charge in [0.25, 0.3) is 0 Å². The highest BCUT2D eigenvalue weighted by molar-refractivity contribution is 5.82. The first-order valence-corrected chi connectivity index (χ1v) is 12.8. The number of hydrogen-bond donors (Lipinski definition) is 3. The van der Waals surface area contributed by atoms with E-state index < -0.39 is 0 Å². The van der Waals surface area contributed by atoms with Crippen molar-refractivity contribution >= 4 is 34.3 Å². The molecule has 0 atom stereocenters. The second-order valence-electron chi connectivity index (χ2n) is 10.2. The zero-order chi connectivity index (χ0) is 22.9. The van der Waals surface area contributed by atoms with Gasteiger partial charge in [0.15, 0.2) is 0 Å². The normalized spacial score (nSPS) is 18.0. The molecule has 3 N–H and O–H groups in total. The van der Waals surface area contributed by atoms with Crippen molar-refractivity contribution < 1.29 is 4.79 Å². The average Bonchev–Trinajstić information content (AvgIpc) is 3.71. The van der Waals surface area contributed by atoms with E-state index in [-0.39, 0.29) is 11.8 Å². The lowest BCUT2D eigenvalue weighted by molar-refractivity contribution is -0.127. The van der Waals surface area contributed by atoms with E-state index in [4.69, 9.17) is 10.1 Å². The number of benzene rings is 1. The molecule has 6 rings (SSSR count). The summed E-state index contributed by atoms with van der Waals surface area (Å²) in [4.78, 5) is 21.4. The van der Waals surface area contributed by atoms with Crippen molar-refractivity contribution in [2.75, 3.05) is 23.7 Å². The Morgan fingerprint density at radius 1 is 1.09 bits per heavy atom. The van der Waals surface area contributed by atoms with Crippen LogP contribution in [-0.4, -0.2) is 38.7 Å². The van der Waals surface area contributed by atoms with E-state index in [1.165, 1.54) is 37.7 Å². The van der Waals surface area contributed by atoms with Crippen molar-refractivity contribution in [1.29, 1.82) is 0 Å². The summed E-state index contributed by atoms with van der Waals surface area (Å²) in [6.07, 6.45) is 13.3. The van der Waals surface area contributed by atoms with Crippen LogP contribution in [0.3, 0.4) is 0 Å². The lowest BCUT2D eigenvalue weighted by Gasteiger charge is -2.24. The predicted octanol–water partition coefficient (Wildman–Crippen LogP) is 4.58. The van der Waals surface area contributed by atoms with Gasteiger partial charge < -0.3 is 16.0 Å². The Hall–Kier alpha value is -3.16. The third-order valence-electron chi connectivity index (χ3n) is 7.21. The SMILES string of the molecule is O=C(NCCCNc1nc(Nc2ccc3nn(CC4CC4)cc3c2)ncc1C1CC1)C1CCC1. The molecular weight excluding hydrogens is 426 g/mol. The molecule has 0 unspecified atom stereocenters. The lowest BCUT2D eigenvalue weighted by Crippen LogP contribution is -2.35. The molecule has 2 heterocycles. The van der Waals surface area contributed by atoms with Gasteiger partial charge in [-0.2, -0.15) is 10.1 Å². The minimum Gasteiger partial charge on any atom is -0.370 e. The largest absolute Gasteiger partial charge is 0.370 e. The topological polar surface area (TPSA) is 96.8 Å². The van der Waals surface area contributed by atoms with Crippen LogP contribution in [0.2, 0.25) is 0 Å². The molecule has 34 heavy (non-hydrogen) atoms. The molecule has 0 aliphatic heterocycles. The van der Waals surface area contributed by atoms with E-state index in [1.54, 1.807) is 0 Å². The maximum Gasteiger partial charge on any atom is 0.229 e. The van der Waals surface area contributed by atoms with Crippen LogP contribution in [0.25, 0.3) is 10.9 Å². The molecule has 0 spiro atoms. The number of anilines is 3. The van der Waals surface area contributed by atoms with Crippen LogP contribution in [0.4, 0.5) is 17.5 Å². The molecular formula is C26H33N7O. The zero-order valence-electron chi connectivity index (χ0n) is 19.6. The van der Waals surface area contributed by atoms with E-state index in [1.807, 2.05) is 12.3 Å². The lowest BCUT2D eigenvalue weighted by atomic mass is 9.85. The van der Waals surface area contributed by atoms with Gasteiger partial charge in [-0.15, -0.1) is 0 Å². The Balaban J connectivity index is 1.08. The highest BCUT2D eigenvalue weighted by Crippen LogP contribution is 2.43. The smallest absolute Gasteiger partial charge is 0.229 e. The quantitative estimate of drug-likeness (QED) is 0.363. The number of carbonyl (C=O) groups excluding carboxylic acids is 1. The van der Waals surface area contributed by atoms with E-state index in [0.717, 1.165) is 60.7 Å². The Kier molecular flexibility index (Phi) is 5.81. The average molecular weight is 460 g/mol. The number of carbonyl (C=O) groups is 1. The summed E-state index contributed by atoms with van der Waals surface area (Å²) < 4.78 is 2.07. The molecule has 1 amide bonds. The third-order valence-corrected chi connectivity index (χ3v) is 7.21. The van der Waals surface area contributed by atoms with Gasteiger partial charge >= 0.3 is 0 Å². The van der Waals surface area contributed by atoms with Crippen LogP contribution in [-0.2, 0) is 11.3 Å². The Labute approximate surface area is 199 Å². The fourth-order valence-corrected chi connectivity index (χ4v) is 4.55. The monoisotopic (exact) mass is 459 g/mol. The van der Waals surface area contributed by atoms with Gasteiger partial charge in [-0.05, 0) is 75.0 Å². The van der Waals surface area contributed by atoms with Gasteiger partial charge in [0, 0.05) is 54.6 Å². The molecule has 2 aromatic heterocycles. The Morgan fingerprint density at radius 3 is 2.74 bits per heavy atom. The summed E-state index contributed by atoms with van der Waals surface area (Å²) in [5, 5.41) is 15.7. The van der Waals surface area contributed by atoms with Crippen molar-refractivity contribution in [3.05, 3.63) is 36.2 Å². The number of nitrogens with one attached hydrogen (secondary N) is 3. The fourth-order valence-electron chi connectivity index (χ4n) is 4.55. The molecule has 3 aliphatic rings. The van der Waals surface area contributed by atoms with Crippen LogP contribution < -0.4 is 16.0 Å². The van der Waals surface area contributed by atoms with E-state index in [0.29, 0.717) is 18.4 Å². The first kappa shape index (κ1) is 21.4. The van der Waals surface area contributed by atoms with E-state index >= 15 is 0 Å². The summed E-state index contributed by atoms with van der Waals surface area (Å²) in [6, 6.07) is 6.20. The van der Waals surface area contributed by atoms with Crippen LogP contribution in [0, 0.1) is 11.8 Å². The number of aromatic nitrogens is 4. The number of rotatable bonds is 11. The number of amides is 1. The maximum atomic E-state index is 12.0. The molecule has 0 bridgehead atoms. The predicted molar refractivity (Wildman–Crippen MR) is 133 cm³/mol. The minimum atomic E-state index is 0.216. The summed E-state index contributed by atoms with van der Waals surface area (Å²) >= 11 is 0. The first-order valence-electron chi connectivity index (χ1n) is 12.8. The number of nitrogens with zero attached hydrogens (tertiary/aromatic N) is 4. The molecule has 3 aromatic rings. The summed E-state index contributed by atoms with van der Waals surface area (Å²) in [5.74, 6) is 3.32. The Bertz CT molecular complexity index is 1180. The fraction of sp³-hybridized carbons (Fsp3) is 0.538. The van der Waals surface area contributed by atoms with Crippen molar-refractivity contribution in [1.82, 2.24) is 25.1 Å². The maximum absolute atomic E-state index is 12.0. The first-order chi connectivity index (χ1) is 16.7. The van der Waals surface area contributed by atoms with Gasteiger partial charge in [0.2, 0.25) is 11.9 Å². The van der Waals surface area contributed by atoms with Crippen LogP contribution in [0.15, 0.2) is 30.6 Å². The molecule has 8 nitrogen and oxygen atoms in total. The highest BCUT2D eigenvalue weighted by atomic mass is 16.1. The van der Waals surface area contributed by atoms with Gasteiger partial charge in [-0.1, -0.05) is 6.42 Å². The molecule has 1 aromatic carbocycles. The van der Waals surface area contributed by atoms with Crippen LogP contribution >= 0.6 is 0 Å². The van der Waals surface area contributed by atoms with Gasteiger partial charge in [0.1, 0.15) is 5.82 Å². The second kappa shape index (κ2) is 9.24. The van der Waals surface area contributed by atoms with Gasteiger partial charge in [-0.25, -0.2) is 4.98 Å². The van der Waals surface area contributed by atoms with Crippen LogP contribution in [0.5, 0.6) is 0 Å². The molecule has 178 valence electrons. The second-order valence-corrected chi connectivity index (χ2v) is 10.2. The number of hydrogen-bond acceptors (Lipinski definition) is 6. The Morgan fingerprint density at radius 2 is 1.97 bits per heavy atom. The third kappa shape index (κ3) is 5.00. The van der Waals surface area contributed by atoms with Gasteiger partial charge in [-0.3, -0.25) is 9.48 Å². The summed E-state index contributed by atoms with van der Waals surface area (Å²) in [6.45, 7) is 2.49. The minimum absolute atomic E-state index is 0.216. The standard InChI is InChI=1S/C26H33N7O/c34-25(19-3-1-4-19)28-12-2-11-27-24-22(18-7-8-18)14-29-26(31-24)30-21-9-10-23-20(13-21)16-33(32-23)15-17-5-6-17/h9-10,13-14,16-19H,1-8,11-12,15H2,(H,28,34)(H2,27,29,30,31). The summed E-state index contributed by atoms with van der Waals surface area (Å²) in [7, 11) is 0. The van der Waals surface area contributed by atoms with E-state index in [2.05, 4.69) is 43.9 Å². The molecule has 3 saturated carbocycles. The van der Waals surface area contributed by atoms with E-state index in [9.17, 15) is 4.79 Å². The zero-order valence-corrected chi connectivity index (χ0v) is 19.6. The highest BCUT2D eigenvalue weighted by Gasteiger charge is 2.28. The van der Waals surface area contributed by atoms with Crippen molar-refractivity contribution in [3.63, 3.8) is 0 Å². The molecule has 8 heteroatoms. The molecule has 3 fully saturated rings. The van der Waals surface area contributed by atoms with Crippen LogP contribution in [0.1, 0.15) is 62.8 Å². The number of fused-ring (bicyclic) bond motifs is 1. The molecule has 0 saturated heterocycles. The van der Waals surface area contributed by atoms with Crippen molar-refractivity contribution in [2.24, 2.45) is 11.8 Å². The molecule has 0 radical (unpaired) electrons. The van der Waals surface area contributed by atoms with Gasteiger partial charge in [0.05, 0.1) is 5.52 Å². The van der Waals surface area contributed by atoms with Crippen molar-refractivity contribution in [3.8, 4) is 0 Å². The molecule has 3 aliphatic carbocycles.